The van der Waals surface area contributed by atoms with Crippen LogP contribution in [0.2, 0.25) is 0 Å². The average molecular weight is 400 g/mol. The van der Waals surface area contributed by atoms with E-state index in [-0.39, 0.29) is 29.2 Å². The number of halogens is 1. The van der Waals surface area contributed by atoms with Gasteiger partial charge < -0.3 is 19.5 Å². The third-order valence-electron chi connectivity index (χ3n) is 3.76. The summed E-state index contributed by atoms with van der Waals surface area (Å²) in [6.45, 7) is 2.16. The van der Waals surface area contributed by atoms with Crippen molar-refractivity contribution in [3.63, 3.8) is 0 Å². The molecule has 1 amide bonds. The second-order valence-electron chi connectivity index (χ2n) is 6.30. The number of ether oxygens (including phenoxy) is 3. The first-order chi connectivity index (χ1) is 13.9. The van der Waals surface area contributed by atoms with Crippen LogP contribution >= 0.6 is 0 Å². The zero-order chi connectivity index (χ0) is 20.8. The van der Waals surface area contributed by atoms with Crippen LogP contribution in [0.1, 0.15) is 17.3 Å². The van der Waals surface area contributed by atoms with E-state index in [0.717, 1.165) is 0 Å². The molecule has 0 aliphatic heterocycles. The van der Waals surface area contributed by atoms with Gasteiger partial charge in [-0.05, 0) is 31.2 Å². The van der Waals surface area contributed by atoms with E-state index in [1.165, 1.54) is 36.4 Å². The minimum atomic E-state index is -0.403. The summed E-state index contributed by atoms with van der Waals surface area (Å²) in [5, 5.41) is 6.82. The number of hydrogen-bond donors (Lipinski definition) is 1. The van der Waals surface area contributed by atoms with Gasteiger partial charge in [-0.3, -0.25) is 9.48 Å². The van der Waals surface area contributed by atoms with Gasteiger partial charge in [-0.25, -0.2) is 4.39 Å². The third-order valence-corrected chi connectivity index (χ3v) is 3.76. The number of anilines is 1. The molecule has 0 radical (unpaired) electrons. The Hall–Kier alpha value is -3.46. The Labute approximate surface area is 167 Å². The lowest BCUT2D eigenvalue weighted by Crippen LogP contribution is -2.19. The quantitative estimate of drug-likeness (QED) is 0.624. The normalized spacial score (nSPS) is 11.7. The summed E-state index contributed by atoms with van der Waals surface area (Å²) in [4.78, 5) is 16.9. The number of amides is 1. The smallest absolute Gasteiger partial charge is 0.257 e. The Bertz CT molecular complexity index is 975. The van der Waals surface area contributed by atoms with Crippen LogP contribution in [0.25, 0.3) is 0 Å². The van der Waals surface area contributed by atoms with Crippen molar-refractivity contribution in [1.82, 2.24) is 14.8 Å². The summed E-state index contributed by atoms with van der Waals surface area (Å²) in [5.74, 6) is 0.318. The highest BCUT2D eigenvalue weighted by Crippen LogP contribution is 2.25. The lowest BCUT2D eigenvalue weighted by molar-refractivity contribution is 0.0882. The number of aromatic nitrogens is 3. The van der Waals surface area contributed by atoms with Crippen LogP contribution < -0.4 is 14.8 Å². The number of methoxy groups -OCH3 is 1. The summed E-state index contributed by atoms with van der Waals surface area (Å²) < 4.78 is 31.2. The standard InChI is InChI=1S/C20H21FN4O4/c1-13(12-27-3)28-18-10-14(20(26)22-17-8-9-25(2)24-17)11-19(23-18)29-16-6-4-15(21)5-7-16/h4-11,13H,12H2,1-3H3,(H,22,24,26). The highest BCUT2D eigenvalue weighted by atomic mass is 19.1. The molecule has 8 nitrogen and oxygen atoms in total. The van der Waals surface area contributed by atoms with E-state index in [0.29, 0.717) is 18.2 Å². The van der Waals surface area contributed by atoms with Crippen LogP contribution in [0.3, 0.4) is 0 Å². The number of nitrogens with zero attached hydrogens (tertiary/aromatic N) is 3. The largest absolute Gasteiger partial charge is 0.472 e. The molecule has 1 atom stereocenters. The predicted octanol–water partition coefficient (Wildman–Crippen LogP) is 3.41. The van der Waals surface area contributed by atoms with Gasteiger partial charge in [0.2, 0.25) is 11.8 Å². The topological polar surface area (TPSA) is 87.5 Å². The summed E-state index contributed by atoms with van der Waals surface area (Å²) in [6.07, 6.45) is 1.42. The van der Waals surface area contributed by atoms with E-state index >= 15 is 0 Å². The minimum Gasteiger partial charge on any atom is -0.472 e. The molecule has 0 bridgehead atoms. The highest BCUT2D eigenvalue weighted by Gasteiger charge is 2.15. The second kappa shape index (κ2) is 9.16. The number of rotatable bonds is 8. The zero-order valence-electron chi connectivity index (χ0n) is 16.3. The number of pyridine rings is 1. The predicted molar refractivity (Wildman–Crippen MR) is 104 cm³/mol. The summed E-state index contributed by atoms with van der Waals surface area (Å²) in [6, 6.07) is 10.1. The lowest BCUT2D eigenvalue weighted by Gasteiger charge is -2.15. The number of hydrogen-bond acceptors (Lipinski definition) is 6. The van der Waals surface area contributed by atoms with Crippen LogP contribution in [0, 0.1) is 5.82 Å². The maximum atomic E-state index is 13.1. The zero-order valence-corrected chi connectivity index (χ0v) is 16.3. The molecular formula is C20H21FN4O4. The second-order valence-corrected chi connectivity index (χ2v) is 6.30. The van der Waals surface area contributed by atoms with Gasteiger partial charge in [0.05, 0.1) is 12.2 Å². The SMILES string of the molecule is COCC(C)Oc1cc(C(=O)Nc2ccn(C)n2)cc(Oc2ccc(F)cc2)n1. The van der Waals surface area contributed by atoms with Crippen LogP contribution in [0.4, 0.5) is 10.2 Å². The fourth-order valence-corrected chi connectivity index (χ4v) is 2.49. The molecule has 1 unspecified atom stereocenters. The highest BCUT2D eigenvalue weighted by molar-refractivity contribution is 6.04. The molecule has 0 spiro atoms. The number of carbonyl (C=O) groups excluding carboxylic acids is 1. The maximum absolute atomic E-state index is 13.1. The van der Waals surface area contributed by atoms with Gasteiger partial charge in [0, 0.05) is 38.6 Å². The van der Waals surface area contributed by atoms with Crippen molar-refractivity contribution < 1.29 is 23.4 Å². The van der Waals surface area contributed by atoms with E-state index in [1.54, 1.807) is 31.1 Å². The molecular weight excluding hydrogens is 379 g/mol. The Balaban J connectivity index is 1.86. The third kappa shape index (κ3) is 5.76. The van der Waals surface area contributed by atoms with Crippen molar-refractivity contribution in [2.45, 2.75) is 13.0 Å². The molecule has 2 aromatic heterocycles. The van der Waals surface area contributed by atoms with E-state index < -0.39 is 5.91 Å². The summed E-state index contributed by atoms with van der Waals surface area (Å²) in [5.41, 5.74) is 0.266. The molecule has 3 rings (SSSR count). The fourth-order valence-electron chi connectivity index (χ4n) is 2.49. The Kier molecular flexibility index (Phi) is 6.40. The summed E-state index contributed by atoms with van der Waals surface area (Å²) in [7, 11) is 3.31. The molecule has 0 saturated heterocycles. The van der Waals surface area contributed by atoms with E-state index in [1.807, 2.05) is 6.92 Å². The Morgan fingerprint density at radius 1 is 1.21 bits per heavy atom. The summed E-state index contributed by atoms with van der Waals surface area (Å²) >= 11 is 0. The first-order valence-corrected chi connectivity index (χ1v) is 8.85. The van der Waals surface area contributed by atoms with Crippen molar-refractivity contribution in [3.8, 4) is 17.5 Å². The number of benzene rings is 1. The lowest BCUT2D eigenvalue weighted by atomic mass is 10.2. The van der Waals surface area contributed by atoms with Crippen molar-refractivity contribution in [1.29, 1.82) is 0 Å². The molecule has 0 fully saturated rings. The van der Waals surface area contributed by atoms with Crippen molar-refractivity contribution in [3.05, 3.63) is 60.0 Å². The van der Waals surface area contributed by atoms with Gasteiger partial charge in [-0.1, -0.05) is 0 Å². The molecule has 1 N–H and O–H groups in total. The number of nitrogens with one attached hydrogen (secondary N) is 1. The molecule has 2 heterocycles. The molecule has 0 saturated carbocycles. The van der Waals surface area contributed by atoms with Crippen LogP contribution in [-0.2, 0) is 11.8 Å². The average Bonchev–Trinajstić information content (AvgIpc) is 3.08. The Morgan fingerprint density at radius 2 is 1.93 bits per heavy atom. The van der Waals surface area contributed by atoms with E-state index in [9.17, 15) is 9.18 Å². The fraction of sp³-hybridized carbons (Fsp3) is 0.250. The van der Waals surface area contributed by atoms with Gasteiger partial charge in [-0.15, -0.1) is 0 Å². The van der Waals surface area contributed by atoms with Crippen molar-refractivity contribution >= 4 is 11.7 Å². The van der Waals surface area contributed by atoms with E-state index in [2.05, 4.69) is 15.4 Å². The van der Waals surface area contributed by atoms with Gasteiger partial charge in [-0.2, -0.15) is 10.1 Å². The van der Waals surface area contributed by atoms with Crippen LogP contribution in [0.5, 0.6) is 17.5 Å². The van der Waals surface area contributed by atoms with Crippen molar-refractivity contribution in [2.24, 2.45) is 7.05 Å². The van der Waals surface area contributed by atoms with Crippen LogP contribution in [0.15, 0.2) is 48.7 Å². The molecule has 152 valence electrons. The maximum Gasteiger partial charge on any atom is 0.257 e. The van der Waals surface area contributed by atoms with Gasteiger partial charge in [0.25, 0.3) is 5.91 Å². The van der Waals surface area contributed by atoms with Crippen LogP contribution in [-0.4, -0.2) is 40.5 Å². The monoisotopic (exact) mass is 400 g/mol. The number of carbonyl (C=O) groups is 1. The molecule has 9 heteroatoms. The molecule has 0 aliphatic rings. The molecule has 1 aromatic carbocycles. The van der Waals surface area contributed by atoms with Gasteiger partial charge in [0.15, 0.2) is 5.82 Å². The number of aryl methyl sites for hydroxylation is 1. The van der Waals surface area contributed by atoms with E-state index in [4.69, 9.17) is 14.2 Å². The molecule has 3 aromatic rings. The van der Waals surface area contributed by atoms with Gasteiger partial charge in [0.1, 0.15) is 17.7 Å². The molecule has 0 aliphatic carbocycles. The first kappa shape index (κ1) is 20.3. The van der Waals surface area contributed by atoms with Gasteiger partial charge >= 0.3 is 0 Å². The molecule has 29 heavy (non-hydrogen) atoms. The first-order valence-electron chi connectivity index (χ1n) is 8.85. The minimum absolute atomic E-state index is 0.130. The Morgan fingerprint density at radius 3 is 2.59 bits per heavy atom. The van der Waals surface area contributed by atoms with Crippen molar-refractivity contribution in [2.75, 3.05) is 19.0 Å².